The topological polar surface area (TPSA) is 12.0 Å². The highest BCUT2D eigenvalue weighted by Gasteiger charge is 2.53. The summed E-state index contributed by atoms with van der Waals surface area (Å²) in [6.45, 7) is 9.83. The summed E-state index contributed by atoms with van der Waals surface area (Å²) in [5.41, 5.74) is 1.16. The quantitative estimate of drug-likeness (QED) is 0.561. The van der Waals surface area contributed by atoms with Gasteiger partial charge in [-0.15, -0.1) is 0 Å². The number of piperidine rings is 1. The van der Waals surface area contributed by atoms with Crippen molar-refractivity contribution in [3.8, 4) is 0 Å². The van der Waals surface area contributed by atoms with Gasteiger partial charge >= 0.3 is 0 Å². The lowest BCUT2D eigenvalue weighted by molar-refractivity contribution is 0.0546. The van der Waals surface area contributed by atoms with E-state index in [0.717, 1.165) is 5.92 Å². The van der Waals surface area contributed by atoms with Gasteiger partial charge in [0.25, 0.3) is 0 Å². The monoisotopic (exact) mass is 153 g/mol. The van der Waals surface area contributed by atoms with Crippen molar-refractivity contribution in [2.24, 2.45) is 16.7 Å². The summed E-state index contributed by atoms with van der Waals surface area (Å²) in [4.78, 5) is 0. The summed E-state index contributed by atoms with van der Waals surface area (Å²) in [6, 6.07) is 0. The van der Waals surface area contributed by atoms with Gasteiger partial charge in [-0.05, 0) is 36.1 Å². The Labute approximate surface area is 69.6 Å². The molecule has 0 spiro atoms. The number of rotatable bonds is 0. The fraction of sp³-hybridized carbons (Fsp3) is 1.00. The maximum absolute atomic E-state index is 3.54. The first-order valence-corrected chi connectivity index (χ1v) is 4.77. The fourth-order valence-electron chi connectivity index (χ4n) is 2.86. The molecule has 1 N–H and O–H groups in total. The van der Waals surface area contributed by atoms with Crippen LogP contribution >= 0.6 is 0 Å². The van der Waals surface area contributed by atoms with Gasteiger partial charge in [-0.2, -0.15) is 0 Å². The lowest BCUT2D eigenvalue weighted by atomic mass is 9.64. The van der Waals surface area contributed by atoms with Gasteiger partial charge in [0.2, 0.25) is 0 Å². The van der Waals surface area contributed by atoms with E-state index in [1.54, 1.807) is 0 Å². The van der Waals surface area contributed by atoms with E-state index in [0.29, 0.717) is 10.8 Å². The van der Waals surface area contributed by atoms with Crippen LogP contribution in [0.1, 0.15) is 33.6 Å². The molecular formula is C10H19N. The zero-order valence-corrected chi connectivity index (χ0v) is 7.91. The molecule has 2 atom stereocenters. The van der Waals surface area contributed by atoms with E-state index in [4.69, 9.17) is 0 Å². The van der Waals surface area contributed by atoms with E-state index in [9.17, 15) is 0 Å². The minimum Gasteiger partial charge on any atom is -0.316 e. The molecule has 1 saturated carbocycles. The van der Waals surface area contributed by atoms with Gasteiger partial charge in [0.1, 0.15) is 0 Å². The van der Waals surface area contributed by atoms with Crippen molar-refractivity contribution in [1.82, 2.24) is 5.32 Å². The van der Waals surface area contributed by atoms with Gasteiger partial charge < -0.3 is 5.32 Å². The molecule has 0 amide bonds. The third-order valence-electron chi connectivity index (χ3n) is 4.53. The van der Waals surface area contributed by atoms with E-state index in [-0.39, 0.29) is 0 Å². The first-order chi connectivity index (χ1) is 5.06. The highest BCUT2D eigenvalue weighted by molar-refractivity contribution is 5.04. The maximum atomic E-state index is 3.54. The van der Waals surface area contributed by atoms with Crippen LogP contribution in [0.25, 0.3) is 0 Å². The first-order valence-electron chi connectivity index (χ1n) is 4.77. The molecule has 2 rings (SSSR count). The van der Waals surface area contributed by atoms with Crippen molar-refractivity contribution in [2.75, 3.05) is 13.1 Å². The molecule has 0 unspecified atom stereocenters. The zero-order valence-electron chi connectivity index (χ0n) is 7.91. The molecular weight excluding hydrogens is 134 g/mol. The van der Waals surface area contributed by atoms with Gasteiger partial charge in [-0.25, -0.2) is 0 Å². The standard InChI is InChI=1S/C10H19N/c1-9(2)8-4-5-10(9,3)7-11-6-8/h8,11H,4-7H2,1-3H3/t8-,10-/m0/s1. The van der Waals surface area contributed by atoms with Crippen molar-refractivity contribution >= 4 is 0 Å². The third kappa shape index (κ3) is 0.807. The number of hydrogen-bond acceptors (Lipinski definition) is 1. The van der Waals surface area contributed by atoms with Crippen LogP contribution < -0.4 is 5.32 Å². The van der Waals surface area contributed by atoms with Crippen molar-refractivity contribution in [1.29, 1.82) is 0 Å². The summed E-state index contributed by atoms with van der Waals surface area (Å²) >= 11 is 0. The van der Waals surface area contributed by atoms with Crippen molar-refractivity contribution < 1.29 is 0 Å². The Morgan fingerprint density at radius 2 is 2.00 bits per heavy atom. The smallest absolute Gasteiger partial charge is 0.00105 e. The molecule has 0 aromatic rings. The molecule has 1 heterocycles. The van der Waals surface area contributed by atoms with Crippen LogP contribution in [0.15, 0.2) is 0 Å². The Morgan fingerprint density at radius 3 is 2.55 bits per heavy atom. The lowest BCUT2D eigenvalue weighted by Crippen LogP contribution is -2.49. The van der Waals surface area contributed by atoms with Gasteiger partial charge in [0.15, 0.2) is 0 Å². The Kier molecular flexibility index (Phi) is 1.39. The zero-order chi connectivity index (χ0) is 8.11. The molecule has 2 aliphatic rings. The average molecular weight is 153 g/mol. The summed E-state index contributed by atoms with van der Waals surface area (Å²) in [5, 5.41) is 3.54. The van der Waals surface area contributed by atoms with Gasteiger partial charge in [-0.1, -0.05) is 20.8 Å². The second-order valence-electron chi connectivity index (χ2n) is 5.15. The third-order valence-corrected chi connectivity index (χ3v) is 4.53. The van der Waals surface area contributed by atoms with Crippen LogP contribution in [0.5, 0.6) is 0 Å². The predicted octanol–water partition coefficient (Wildman–Crippen LogP) is 2.03. The molecule has 0 aromatic heterocycles. The molecule has 1 aliphatic carbocycles. The molecule has 64 valence electrons. The highest BCUT2D eigenvalue weighted by Crippen LogP contribution is 2.57. The fourth-order valence-corrected chi connectivity index (χ4v) is 2.86. The van der Waals surface area contributed by atoms with Crippen molar-refractivity contribution in [3.63, 3.8) is 0 Å². The van der Waals surface area contributed by atoms with E-state index >= 15 is 0 Å². The molecule has 2 bridgehead atoms. The number of nitrogens with one attached hydrogen (secondary N) is 1. The Bertz CT molecular complexity index is 167. The van der Waals surface area contributed by atoms with Crippen LogP contribution in [-0.2, 0) is 0 Å². The summed E-state index contributed by atoms with van der Waals surface area (Å²) in [5.74, 6) is 0.932. The van der Waals surface area contributed by atoms with Crippen molar-refractivity contribution in [3.05, 3.63) is 0 Å². The normalized spacial score (nSPS) is 47.7. The molecule has 0 radical (unpaired) electrons. The van der Waals surface area contributed by atoms with Crippen molar-refractivity contribution in [2.45, 2.75) is 33.6 Å². The summed E-state index contributed by atoms with van der Waals surface area (Å²) in [6.07, 6.45) is 2.87. The highest BCUT2D eigenvalue weighted by atomic mass is 14.9. The van der Waals surface area contributed by atoms with Crippen LogP contribution in [0, 0.1) is 16.7 Å². The molecule has 11 heavy (non-hydrogen) atoms. The second kappa shape index (κ2) is 2.01. The SMILES string of the molecule is CC1(C)[C@H]2CC[C@@]1(C)CNC2. The Balaban J connectivity index is 2.33. The van der Waals surface area contributed by atoms with Gasteiger partial charge in [0.05, 0.1) is 0 Å². The number of fused-ring (bicyclic) bond motifs is 2. The van der Waals surface area contributed by atoms with E-state index in [2.05, 4.69) is 26.1 Å². The molecule has 1 nitrogen and oxygen atoms in total. The van der Waals surface area contributed by atoms with E-state index < -0.39 is 0 Å². The average Bonchev–Trinajstić information content (AvgIpc) is 2.17. The molecule has 1 saturated heterocycles. The van der Waals surface area contributed by atoms with Crippen LogP contribution in [0.4, 0.5) is 0 Å². The summed E-state index contributed by atoms with van der Waals surface area (Å²) < 4.78 is 0. The minimum absolute atomic E-state index is 0.579. The second-order valence-corrected chi connectivity index (χ2v) is 5.15. The van der Waals surface area contributed by atoms with Crippen LogP contribution in [0.3, 0.4) is 0 Å². The maximum Gasteiger partial charge on any atom is 0.00105 e. The molecule has 0 aromatic carbocycles. The van der Waals surface area contributed by atoms with Gasteiger partial charge in [0, 0.05) is 6.54 Å². The summed E-state index contributed by atoms with van der Waals surface area (Å²) in [7, 11) is 0. The number of hydrogen-bond donors (Lipinski definition) is 1. The van der Waals surface area contributed by atoms with Crippen LogP contribution in [-0.4, -0.2) is 13.1 Å². The molecule has 1 heteroatoms. The predicted molar refractivity (Wildman–Crippen MR) is 47.5 cm³/mol. The van der Waals surface area contributed by atoms with Crippen LogP contribution in [0.2, 0.25) is 0 Å². The minimum atomic E-state index is 0.579. The van der Waals surface area contributed by atoms with Gasteiger partial charge in [-0.3, -0.25) is 0 Å². The Hall–Kier alpha value is -0.0400. The molecule has 2 fully saturated rings. The molecule has 1 aliphatic heterocycles. The van der Waals surface area contributed by atoms with E-state index in [1.165, 1.54) is 25.9 Å². The van der Waals surface area contributed by atoms with E-state index in [1.807, 2.05) is 0 Å². The largest absolute Gasteiger partial charge is 0.316 e. The first kappa shape index (κ1) is 7.60. The lowest BCUT2D eigenvalue weighted by Gasteiger charge is -2.46. The Morgan fingerprint density at radius 1 is 1.27 bits per heavy atom.